The Bertz CT molecular complexity index is 1210. The van der Waals surface area contributed by atoms with Crippen LogP contribution in [0.25, 0.3) is 0 Å². The smallest absolute Gasteiger partial charge is 0.273 e. The van der Waals surface area contributed by atoms with Crippen molar-refractivity contribution >= 4 is 5.91 Å². The van der Waals surface area contributed by atoms with Crippen LogP contribution in [-0.2, 0) is 0 Å². The standard InChI is InChI=1S/C26H21N3O3/c1-32-21-6-4-5-19(15-21)9-8-18-10-12-20(13-11-18)25-23(16-27)29(24(25)17-30)26(31)22-7-2-3-14-28-22/h2-7,10-15,23-25,30H,17H2,1H3/t23-,24+,25-/m0/s1. The van der Waals surface area contributed by atoms with Crippen LogP contribution >= 0.6 is 0 Å². The molecule has 0 spiro atoms. The van der Waals surface area contributed by atoms with Gasteiger partial charge in [-0.3, -0.25) is 9.78 Å². The van der Waals surface area contributed by atoms with Crippen LogP contribution in [0.2, 0.25) is 0 Å². The molecule has 0 radical (unpaired) electrons. The maximum Gasteiger partial charge on any atom is 0.273 e. The fraction of sp³-hybridized carbons (Fsp3) is 0.192. The normalized spacial score (nSPS) is 19.2. The van der Waals surface area contributed by atoms with Gasteiger partial charge in [-0.15, -0.1) is 0 Å². The lowest BCUT2D eigenvalue weighted by molar-refractivity contribution is -0.00629. The van der Waals surface area contributed by atoms with Gasteiger partial charge in [0, 0.05) is 23.2 Å². The van der Waals surface area contributed by atoms with E-state index in [1.165, 1.54) is 11.1 Å². The largest absolute Gasteiger partial charge is 0.497 e. The van der Waals surface area contributed by atoms with Gasteiger partial charge in [-0.1, -0.05) is 36.1 Å². The van der Waals surface area contributed by atoms with Gasteiger partial charge in [0.2, 0.25) is 0 Å². The summed E-state index contributed by atoms with van der Waals surface area (Å²) in [6.45, 7) is -0.237. The summed E-state index contributed by atoms with van der Waals surface area (Å²) in [7, 11) is 1.62. The van der Waals surface area contributed by atoms with Gasteiger partial charge in [-0.2, -0.15) is 5.26 Å². The number of rotatable bonds is 4. The molecule has 32 heavy (non-hydrogen) atoms. The lowest BCUT2D eigenvalue weighted by Crippen LogP contribution is -2.65. The molecule has 0 aliphatic carbocycles. The summed E-state index contributed by atoms with van der Waals surface area (Å²) >= 11 is 0. The molecular weight excluding hydrogens is 402 g/mol. The van der Waals surface area contributed by atoms with Crippen LogP contribution in [0.4, 0.5) is 0 Å². The van der Waals surface area contributed by atoms with Crippen LogP contribution in [0.3, 0.4) is 0 Å². The van der Waals surface area contributed by atoms with Crippen molar-refractivity contribution in [2.24, 2.45) is 0 Å². The number of nitriles is 1. The molecule has 0 unspecified atom stereocenters. The van der Waals surface area contributed by atoms with Crippen molar-refractivity contribution in [3.8, 4) is 23.7 Å². The fourth-order valence-corrected chi connectivity index (χ4v) is 3.94. The van der Waals surface area contributed by atoms with E-state index in [0.717, 1.165) is 22.4 Å². The number of hydrogen-bond donors (Lipinski definition) is 1. The number of amides is 1. The Hall–Kier alpha value is -4.13. The number of ether oxygens (including phenoxy) is 1. The van der Waals surface area contributed by atoms with Crippen molar-refractivity contribution in [3.05, 3.63) is 95.3 Å². The van der Waals surface area contributed by atoms with E-state index < -0.39 is 12.1 Å². The number of likely N-dealkylation sites (tertiary alicyclic amines) is 1. The van der Waals surface area contributed by atoms with Crippen LogP contribution < -0.4 is 4.74 Å². The minimum Gasteiger partial charge on any atom is -0.497 e. The van der Waals surface area contributed by atoms with E-state index >= 15 is 0 Å². The van der Waals surface area contributed by atoms with Gasteiger partial charge >= 0.3 is 0 Å². The minimum absolute atomic E-state index is 0.237. The highest BCUT2D eigenvalue weighted by Gasteiger charge is 2.52. The van der Waals surface area contributed by atoms with E-state index in [0.29, 0.717) is 0 Å². The van der Waals surface area contributed by atoms with E-state index in [4.69, 9.17) is 4.74 Å². The molecule has 1 fully saturated rings. The SMILES string of the molecule is COc1cccc(C#Cc2ccc([C@@H]3[C@@H](CO)N(C(=O)c4ccccn4)[C@H]3C#N)cc2)c1. The van der Waals surface area contributed by atoms with Crippen LogP contribution in [0.1, 0.15) is 33.1 Å². The lowest BCUT2D eigenvalue weighted by Gasteiger charge is -2.51. The van der Waals surface area contributed by atoms with Crippen molar-refractivity contribution in [1.29, 1.82) is 5.26 Å². The molecule has 1 saturated heterocycles. The average Bonchev–Trinajstić information content (AvgIpc) is 2.84. The molecule has 1 aliphatic rings. The Morgan fingerprint density at radius 3 is 2.53 bits per heavy atom. The van der Waals surface area contributed by atoms with E-state index in [9.17, 15) is 15.2 Å². The van der Waals surface area contributed by atoms with Gasteiger partial charge in [-0.05, 0) is 48.0 Å². The molecule has 1 aromatic heterocycles. The second-order valence-corrected chi connectivity index (χ2v) is 7.38. The molecule has 3 atom stereocenters. The molecule has 1 amide bonds. The molecule has 2 aromatic carbocycles. The third-order valence-electron chi connectivity index (χ3n) is 5.57. The van der Waals surface area contributed by atoms with Gasteiger partial charge in [0.1, 0.15) is 17.5 Å². The summed E-state index contributed by atoms with van der Waals surface area (Å²) < 4.78 is 5.22. The van der Waals surface area contributed by atoms with Gasteiger partial charge < -0.3 is 14.7 Å². The predicted octanol–water partition coefficient (Wildman–Crippen LogP) is 2.98. The Labute approximate surface area is 186 Å². The van der Waals surface area contributed by atoms with Crippen molar-refractivity contribution in [2.45, 2.75) is 18.0 Å². The zero-order chi connectivity index (χ0) is 22.5. The first kappa shape index (κ1) is 21.1. The molecule has 3 aromatic rings. The van der Waals surface area contributed by atoms with E-state index in [-0.39, 0.29) is 24.1 Å². The summed E-state index contributed by atoms with van der Waals surface area (Å²) in [4.78, 5) is 18.3. The van der Waals surface area contributed by atoms with Crippen LogP contribution in [-0.4, -0.2) is 46.7 Å². The van der Waals surface area contributed by atoms with Crippen molar-refractivity contribution in [3.63, 3.8) is 0 Å². The Morgan fingerprint density at radius 2 is 1.88 bits per heavy atom. The predicted molar refractivity (Wildman–Crippen MR) is 119 cm³/mol. The number of aliphatic hydroxyl groups excluding tert-OH is 1. The number of pyridine rings is 1. The Morgan fingerprint density at radius 1 is 1.09 bits per heavy atom. The van der Waals surface area contributed by atoms with Gasteiger partial charge in [0.15, 0.2) is 0 Å². The number of nitrogens with zero attached hydrogens (tertiary/aromatic N) is 3. The topological polar surface area (TPSA) is 86.5 Å². The number of benzene rings is 2. The zero-order valence-corrected chi connectivity index (χ0v) is 17.5. The summed E-state index contributed by atoms with van der Waals surface area (Å²) in [5.74, 6) is 6.35. The van der Waals surface area contributed by atoms with Crippen molar-refractivity contribution in [2.75, 3.05) is 13.7 Å². The number of methoxy groups -OCH3 is 1. The third-order valence-corrected chi connectivity index (χ3v) is 5.57. The van der Waals surface area contributed by atoms with Crippen LogP contribution in [0.15, 0.2) is 72.9 Å². The number of carbonyl (C=O) groups excluding carboxylic acids is 1. The van der Waals surface area contributed by atoms with E-state index in [1.54, 1.807) is 25.3 Å². The van der Waals surface area contributed by atoms with Crippen LogP contribution in [0, 0.1) is 23.2 Å². The quantitative estimate of drug-likeness (QED) is 0.652. The summed E-state index contributed by atoms with van der Waals surface area (Å²) in [6.07, 6.45) is 1.53. The van der Waals surface area contributed by atoms with Crippen molar-refractivity contribution < 1.29 is 14.6 Å². The molecule has 0 saturated carbocycles. The fourth-order valence-electron chi connectivity index (χ4n) is 3.94. The highest BCUT2D eigenvalue weighted by molar-refractivity contribution is 5.94. The molecule has 1 N–H and O–H groups in total. The second kappa shape index (κ2) is 9.34. The molecule has 0 bridgehead atoms. The number of aromatic nitrogens is 1. The zero-order valence-electron chi connectivity index (χ0n) is 17.5. The highest BCUT2D eigenvalue weighted by atomic mass is 16.5. The number of carbonyl (C=O) groups is 1. The summed E-state index contributed by atoms with van der Waals surface area (Å²) in [6, 6.07) is 21.2. The lowest BCUT2D eigenvalue weighted by atomic mass is 9.75. The first-order valence-corrected chi connectivity index (χ1v) is 10.2. The molecule has 6 heteroatoms. The molecular formula is C26H21N3O3. The monoisotopic (exact) mass is 423 g/mol. The average molecular weight is 423 g/mol. The third kappa shape index (κ3) is 4.05. The summed E-state index contributed by atoms with van der Waals surface area (Å²) in [5, 5.41) is 19.7. The molecule has 4 rings (SSSR count). The first-order chi connectivity index (χ1) is 15.7. The van der Waals surface area contributed by atoms with Crippen molar-refractivity contribution in [1.82, 2.24) is 9.88 Å². The molecule has 158 valence electrons. The van der Waals surface area contributed by atoms with E-state index in [2.05, 4.69) is 22.9 Å². The maximum absolute atomic E-state index is 12.8. The van der Waals surface area contributed by atoms with Gasteiger partial charge in [0.05, 0.1) is 25.8 Å². The minimum atomic E-state index is -0.671. The number of aliphatic hydroxyl groups is 1. The Balaban J connectivity index is 1.53. The molecule has 6 nitrogen and oxygen atoms in total. The van der Waals surface area contributed by atoms with E-state index in [1.807, 2.05) is 48.5 Å². The number of hydrogen-bond acceptors (Lipinski definition) is 5. The molecule has 1 aliphatic heterocycles. The first-order valence-electron chi connectivity index (χ1n) is 10.2. The molecule has 2 heterocycles. The van der Waals surface area contributed by atoms with Crippen LogP contribution in [0.5, 0.6) is 5.75 Å². The van der Waals surface area contributed by atoms with Gasteiger partial charge in [0.25, 0.3) is 5.91 Å². The van der Waals surface area contributed by atoms with Gasteiger partial charge in [-0.25, -0.2) is 0 Å². The maximum atomic E-state index is 12.8. The Kier molecular flexibility index (Phi) is 6.17. The second-order valence-electron chi connectivity index (χ2n) is 7.38. The summed E-state index contributed by atoms with van der Waals surface area (Å²) in [5.41, 5.74) is 2.81. The highest BCUT2D eigenvalue weighted by Crippen LogP contribution is 2.41.